The van der Waals surface area contributed by atoms with Gasteiger partial charge in [0.05, 0.1) is 16.9 Å². The molecule has 0 N–H and O–H groups in total. The maximum absolute atomic E-state index is 13.3. The molecule has 1 amide bonds. The highest BCUT2D eigenvalue weighted by Crippen LogP contribution is 2.25. The van der Waals surface area contributed by atoms with Crippen molar-refractivity contribution in [1.82, 2.24) is 14.5 Å². The van der Waals surface area contributed by atoms with Crippen molar-refractivity contribution in [2.45, 2.75) is 65.8 Å². The van der Waals surface area contributed by atoms with E-state index in [9.17, 15) is 9.59 Å². The molecule has 2 unspecified atom stereocenters. The molecule has 27 heavy (non-hydrogen) atoms. The van der Waals surface area contributed by atoms with Crippen LogP contribution in [0.1, 0.15) is 71.7 Å². The van der Waals surface area contributed by atoms with E-state index in [0.717, 1.165) is 32.1 Å². The van der Waals surface area contributed by atoms with Crippen LogP contribution in [-0.4, -0.2) is 26.9 Å². The molecule has 2 rings (SSSR count). The van der Waals surface area contributed by atoms with E-state index < -0.39 is 0 Å². The quantitative estimate of drug-likeness (QED) is 0.654. The average molecular weight is 372 g/mol. The van der Waals surface area contributed by atoms with Crippen molar-refractivity contribution >= 4 is 16.8 Å². The highest BCUT2D eigenvalue weighted by atomic mass is 16.2. The van der Waals surface area contributed by atoms with Crippen molar-refractivity contribution in [3.8, 4) is 0 Å². The van der Waals surface area contributed by atoms with Gasteiger partial charge in [-0.2, -0.15) is 0 Å². The number of nitrogens with zero attached hydrogens (tertiary/aromatic N) is 3. The first-order chi connectivity index (χ1) is 13.0. The maximum Gasteiger partial charge on any atom is 0.261 e. The summed E-state index contributed by atoms with van der Waals surface area (Å²) in [4.78, 5) is 32.7. The fourth-order valence-corrected chi connectivity index (χ4v) is 3.67. The highest BCUT2D eigenvalue weighted by molar-refractivity contribution is 5.80. The molecule has 0 saturated carbocycles. The Labute approximate surface area is 162 Å². The smallest absolute Gasteiger partial charge is 0.261 e. The fraction of sp³-hybridized carbons (Fsp3) is 0.591. The van der Waals surface area contributed by atoms with E-state index in [2.05, 4.69) is 20.8 Å². The van der Waals surface area contributed by atoms with Gasteiger partial charge in [-0.05, 0) is 38.3 Å². The molecule has 0 spiro atoms. The third kappa shape index (κ3) is 4.57. The first kappa shape index (κ1) is 21.1. The molecule has 0 radical (unpaired) electrons. The van der Waals surface area contributed by atoms with Gasteiger partial charge in [0.15, 0.2) is 0 Å². The molecule has 0 aliphatic carbocycles. The zero-order chi connectivity index (χ0) is 20.0. The van der Waals surface area contributed by atoms with E-state index >= 15 is 0 Å². The van der Waals surface area contributed by atoms with E-state index in [4.69, 9.17) is 4.98 Å². The summed E-state index contributed by atoms with van der Waals surface area (Å²) in [6.07, 6.45) is 4.79. The Bertz CT molecular complexity index is 828. The second kappa shape index (κ2) is 9.67. The van der Waals surface area contributed by atoms with Gasteiger partial charge >= 0.3 is 0 Å². The van der Waals surface area contributed by atoms with Crippen LogP contribution in [-0.2, 0) is 11.8 Å². The number of amides is 1. The number of para-hydroxylation sites is 1. The van der Waals surface area contributed by atoms with Crippen molar-refractivity contribution in [3.63, 3.8) is 0 Å². The summed E-state index contributed by atoms with van der Waals surface area (Å²) in [6, 6.07) is 7.15. The number of hydrogen-bond donors (Lipinski definition) is 0. The molecule has 0 bridgehead atoms. The van der Waals surface area contributed by atoms with E-state index in [1.54, 1.807) is 17.7 Å². The first-order valence-corrected chi connectivity index (χ1v) is 10.2. The van der Waals surface area contributed by atoms with Gasteiger partial charge in [-0.25, -0.2) is 4.98 Å². The number of carbonyl (C=O) groups is 1. The lowest BCUT2D eigenvalue weighted by atomic mass is 9.97. The number of hydrogen-bond acceptors (Lipinski definition) is 3. The normalized spacial score (nSPS) is 13.5. The molecular formula is C22H33N3O2. The molecule has 5 heteroatoms. The monoisotopic (exact) mass is 371 g/mol. The van der Waals surface area contributed by atoms with Gasteiger partial charge in [0, 0.05) is 19.5 Å². The van der Waals surface area contributed by atoms with Gasteiger partial charge in [0.1, 0.15) is 5.82 Å². The summed E-state index contributed by atoms with van der Waals surface area (Å²) in [7, 11) is 1.75. The van der Waals surface area contributed by atoms with Gasteiger partial charge < -0.3 is 4.90 Å². The second-order valence-electron chi connectivity index (χ2n) is 7.31. The molecule has 0 saturated heterocycles. The zero-order valence-corrected chi connectivity index (χ0v) is 17.4. The van der Waals surface area contributed by atoms with Gasteiger partial charge in [0.2, 0.25) is 5.91 Å². The van der Waals surface area contributed by atoms with E-state index in [1.165, 1.54) is 0 Å². The van der Waals surface area contributed by atoms with Crippen molar-refractivity contribution in [2.75, 3.05) is 6.54 Å². The molecule has 0 aliphatic heterocycles. The van der Waals surface area contributed by atoms with Crippen LogP contribution in [0.5, 0.6) is 0 Å². The lowest BCUT2D eigenvalue weighted by Crippen LogP contribution is -2.40. The highest BCUT2D eigenvalue weighted by Gasteiger charge is 2.28. The van der Waals surface area contributed by atoms with Gasteiger partial charge in [-0.1, -0.05) is 45.7 Å². The topological polar surface area (TPSA) is 55.2 Å². The van der Waals surface area contributed by atoms with Crippen molar-refractivity contribution in [1.29, 1.82) is 0 Å². The Balaban J connectivity index is 2.43. The van der Waals surface area contributed by atoms with Crippen molar-refractivity contribution in [3.05, 3.63) is 40.4 Å². The standard InChI is InChI=1S/C22H33N3O2/c1-6-9-12-17(8-3)21(26)25(15-7-2)16(4)20-23-19-14-11-10-13-18(19)22(27)24(20)5/h10-11,13-14,16-17H,6-9,12,15H2,1-5H3. The largest absolute Gasteiger partial charge is 0.333 e. The predicted octanol–water partition coefficient (Wildman–Crippen LogP) is 4.45. The van der Waals surface area contributed by atoms with Crippen LogP contribution in [0, 0.1) is 5.92 Å². The number of aromatic nitrogens is 2. The maximum atomic E-state index is 13.3. The van der Waals surface area contributed by atoms with E-state index in [-0.39, 0.29) is 23.4 Å². The molecule has 1 heterocycles. The van der Waals surface area contributed by atoms with Crippen molar-refractivity contribution in [2.24, 2.45) is 13.0 Å². The van der Waals surface area contributed by atoms with E-state index in [0.29, 0.717) is 23.3 Å². The number of fused-ring (bicyclic) bond motifs is 1. The molecule has 0 fully saturated rings. The molecule has 148 valence electrons. The summed E-state index contributed by atoms with van der Waals surface area (Å²) in [5.41, 5.74) is 0.619. The molecule has 2 atom stereocenters. The summed E-state index contributed by atoms with van der Waals surface area (Å²) in [5.74, 6) is 0.866. The molecule has 2 aromatic rings. The first-order valence-electron chi connectivity index (χ1n) is 10.2. The molecule has 5 nitrogen and oxygen atoms in total. The number of carbonyl (C=O) groups excluding carboxylic acids is 1. The molecule has 0 aliphatic rings. The van der Waals surface area contributed by atoms with Gasteiger partial charge in [-0.3, -0.25) is 14.2 Å². The van der Waals surface area contributed by atoms with Crippen LogP contribution < -0.4 is 5.56 Å². The van der Waals surface area contributed by atoms with Crippen LogP contribution in [0.2, 0.25) is 0 Å². The SMILES string of the molecule is CCCCC(CC)C(=O)N(CCC)C(C)c1nc2ccccc2c(=O)n1C. The Hall–Kier alpha value is -2.17. The Kier molecular flexibility index (Phi) is 7.57. The fourth-order valence-electron chi connectivity index (χ4n) is 3.67. The number of unbranched alkanes of at least 4 members (excludes halogenated alkanes) is 1. The summed E-state index contributed by atoms with van der Waals surface area (Å²) >= 11 is 0. The third-order valence-electron chi connectivity index (χ3n) is 5.35. The summed E-state index contributed by atoms with van der Waals surface area (Å²) < 4.78 is 1.59. The minimum Gasteiger partial charge on any atom is -0.333 e. The van der Waals surface area contributed by atoms with Crippen LogP contribution >= 0.6 is 0 Å². The average Bonchev–Trinajstić information content (AvgIpc) is 2.68. The number of rotatable bonds is 9. The lowest BCUT2D eigenvalue weighted by Gasteiger charge is -2.32. The van der Waals surface area contributed by atoms with Gasteiger partial charge in [0.25, 0.3) is 5.56 Å². The van der Waals surface area contributed by atoms with Crippen LogP contribution in [0.4, 0.5) is 0 Å². The molecule has 1 aromatic heterocycles. The van der Waals surface area contributed by atoms with Crippen LogP contribution in [0.3, 0.4) is 0 Å². The van der Waals surface area contributed by atoms with Crippen LogP contribution in [0.25, 0.3) is 10.9 Å². The third-order valence-corrected chi connectivity index (χ3v) is 5.35. The summed E-state index contributed by atoms with van der Waals surface area (Å²) in [6.45, 7) is 8.96. The molecular weight excluding hydrogens is 338 g/mol. The minimum atomic E-state index is -0.240. The zero-order valence-electron chi connectivity index (χ0n) is 17.4. The van der Waals surface area contributed by atoms with Gasteiger partial charge in [-0.15, -0.1) is 0 Å². The van der Waals surface area contributed by atoms with Crippen LogP contribution in [0.15, 0.2) is 29.1 Å². The Morgan fingerprint density at radius 3 is 2.52 bits per heavy atom. The predicted molar refractivity (Wildman–Crippen MR) is 111 cm³/mol. The Morgan fingerprint density at radius 2 is 1.89 bits per heavy atom. The summed E-state index contributed by atoms with van der Waals surface area (Å²) in [5, 5.41) is 0.610. The molecule has 1 aromatic carbocycles. The van der Waals surface area contributed by atoms with E-state index in [1.807, 2.05) is 30.0 Å². The number of benzene rings is 1. The minimum absolute atomic E-state index is 0.0384. The lowest BCUT2D eigenvalue weighted by molar-refractivity contribution is -0.138. The Morgan fingerprint density at radius 1 is 1.19 bits per heavy atom. The van der Waals surface area contributed by atoms with Crippen molar-refractivity contribution < 1.29 is 4.79 Å². The second-order valence-corrected chi connectivity index (χ2v) is 7.31.